The maximum Gasteiger partial charge on any atom is 0.222 e. The minimum atomic E-state index is -0.961. The van der Waals surface area contributed by atoms with Crippen LogP contribution in [0, 0.1) is 0 Å². The molecule has 0 aromatic carbocycles. The highest BCUT2D eigenvalue weighted by Gasteiger charge is 2.20. The average Bonchev–Trinajstić information content (AvgIpc) is 3.05. The van der Waals surface area contributed by atoms with Gasteiger partial charge in [0.15, 0.2) is 0 Å². The Morgan fingerprint density at radius 2 is 0.935 bits per heavy atom. The summed E-state index contributed by atoms with van der Waals surface area (Å²) in [5.41, 5.74) is 0. The molecule has 0 saturated carbocycles. The van der Waals surface area contributed by atoms with Gasteiger partial charge in [-0.25, -0.2) is 0 Å². The van der Waals surface area contributed by atoms with Crippen LogP contribution >= 0.6 is 0 Å². The standard InChI is InChI=1S/C41H75NO4/c1-3-5-7-9-11-13-15-17-18-19-20-21-23-25-27-29-31-33-35-40(45)39(37-43)42-41(46)36-38(44)34-32-30-28-26-24-22-16-14-12-10-8-6-4-2/h14,16,19-20,25,27,33,35,38-40,43-45H,3-13,15,17-18,21-24,26,28-32,34,36-37H2,1-2H3,(H,42,46)/b16-14-,20-19+,27-25+,35-33+. The first-order chi connectivity index (χ1) is 22.5. The molecule has 3 atom stereocenters. The predicted octanol–water partition coefficient (Wildman–Crippen LogP) is 10.6. The van der Waals surface area contributed by atoms with Gasteiger partial charge in [-0.05, 0) is 70.6 Å². The monoisotopic (exact) mass is 646 g/mol. The maximum absolute atomic E-state index is 12.4. The SMILES string of the molecule is CCCCCC/C=C\CCCCCCCC(O)CC(=O)NC(CO)C(O)/C=C/CC/C=C/CC/C=C/CCCCCCCCCC. The molecule has 268 valence electrons. The van der Waals surface area contributed by atoms with Crippen LogP contribution in [0.5, 0.6) is 0 Å². The van der Waals surface area contributed by atoms with Crippen LogP contribution in [0.2, 0.25) is 0 Å². The van der Waals surface area contributed by atoms with Gasteiger partial charge in [0.05, 0.1) is 31.3 Å². The summed E-state index contributed by atoms with van der Waals surface area (Å²) in [4.78, 5) is 12.4. The molecular weight excluding hydrogens is 570 g/mol. The van der Waals surface area contributed by atoms with Crippen LogP contribution < -0.4 is 5.32 Å². The lowest BCUT2D eigenvalue weighted by Crippen LogP contribution is -2.45. The molecule has 0 aromatic rings. The van der Waals surface area contributed by atoms with Gasteiger partial charge < -0.3 is 20.6 Å². The Labute approximate surface area is 285 Å². The predicted molar refractivity (Wildman–Crippen MR) is 199 cm³/mol. The lowest BCUT2D eigenvalue weighted by Gasteiger charge is -2.20. The third-order valence-corrected chi connectivity index (χ3v) is 8.57. The molecule has 0 heterocycles. The highest BCUT2D eigenvalue weighted by Crippen LogP contribution is 2.12. The minimum absolute atomic E-state index is 0.00480. The zero-order chi connectivity index (χ0) is 33.8. The quantitative estimate of drug-likeness (QED) is 0.0414. The number of carbonyl (C=O) groups excluding carboxylic acids is 1. The number of aliphatic hydroxyl groups is 3. The van der Waals surface area contributed by atoms with Crippen LogP contribution in [0.1, 0.15) is 181 Å². The lowest BCUT2D eigenvalue weighted by molar-refractivity contribution is -0.124. The molecule has 0 aliphatic rings. The molecule has 5 nitrogen and oxygen atoms in total. The van der Waals surface area contributed by atoms with E-state index in [0.717, 1.165) is 51.4 Å². The summed E-state index contributed by atoms with van der Waals surface area (Å²) >= 11 is 0. The molecule has 4 N–H and O–H groups in total. The zero-order valence-electron chi connectivity index (χ0n) is 30.2. The van der Waals surface area contributed by atoms with Crippen molar-refractivity contribution in [1.29, 1.82) is 0 Å². The molecule has 0 bridgehead atoms. The number of unbranched alkanes of at least 4 members (excludes halogenated alkanes) is 19. The van der Waals surface area contributed by atoms with E-state index < -0.39 is 18.2 Å². The first kappa shape index (κ1) is 44.3. The number of rotatable bonds is 34. The molecule has 0 radical (unpaired) electrons. The van der Waals surface area contributed by atoms with Crippen LogP contribution in [0.4, 0.5) is 0 Å². The molecule has 1 amide bonds. The van der Waals surface area contributed by atoms with Gasteiger partial charge in [0.2, 0.25) is 5.91 Å². The van der Waals surface area contributed by atoms with Gasteiger partial charge in [-0.15, -0.1) is 0 Å². The van der Waals surface area contributed by atoms with E-state index in [0.29, 0.717) is 6.42 Å². The number of amides is 1. The second-order valence-corrected chi connectivity index (χ2v) is 13.2. The van der Waals surface area contributed by atoms with Crippen LogP contribution in [-0.2, 0) is 4.79 Å². The number of nitrogens with one attached hydrogen (secondary N) is 1. The van der Waals surface area contributed by atoms with Crippen molar-refractivity contribution in [3.63, 3.8) is 0 Å². The average molecular weight is 646 g/mol. The molecule has 5 heteroatoms. The Bertz CT molecular complexity index is 760. The topological polar surface area (TPSA) is 89.8 Å². The van der Waals surface area contributed by atoms with Gasteiger partial charge >= 0.3 is 0 Å². The third-order valence-electron chi connectivity index (χ3n) is 8.57. The fraction of sp³-hybridized carbons (Fsp3) is 0.780. The van der Waals surface area contributed by atoms with Crippen molar-refractivity contribution in [2.75, 3.05) is 6.61 Å². The van der Waals surface area contributed by atoms with Gasteiger partial charge in [-0.2, -0.15) is 0 Å². The second-order valence-electron chi connectivity index (χ2n) is 13.2. The summed E-state index contributed by atoms with van der Waals surface area (Å²) in [5, 5.41) is 33.0. The smallest absolute Gasteiger partial charge is 0.222 e. The molecule has 0 aromatic heterocycles. The highest BCUT2D eigenvalue weighted by molar-refractivity contribution is 5.76. The van der Waals surface area contributed by atoms with E-state index in [2.05, 4.69) is 55.6 Å². The van der Waals surface area contributed by atoms with Gasteiger partial charge in [0, 0.05) is 0 Å². The van der Waals surface area contributed by atoms with Crippen LogP contribution in [-0.4, -0.2) is 46.1 Å². The summed E-state index contributed by atoms with van der Waals surface area (Å²) < 4.78 is 0. The van der Waals surface area contributed by atoms with Crippen LogP contribution in [0.25, 0.3) is 0 Å². The zero-order valence-corrected chi connectivity index (χ0v) is 30.2. The fourth-order valence-electron chi connectivity index (χ4n) is 5.54. The Kier molecular flexibility index (Phi) is 34.8. The van der Waals surface area contributed by atoms with Crippen molar-refractivity contribution in [3.05, 3.63) is 48.6 Å². The van der Waals surface area contributed by atoms with E-state index in [-0.39, 0.29) is 18.9 Å². The summed E-state index contributed by atoms with van der Waals surface area (Å²) in [6, 6.07) is -0.769. The van der Waals surface area contributed by atoms with E-state index >= 15 is 0 Å². The van der Waals surface area contributed by atoms with Crippen molar-refractivity contribution >= 4 is 5.91 Å². The molecule has 0 rings (SSSR count). The Balaban J connectivity index is 3.83. The molecule has 0 spiro atoms. The molecule has 46 heavy (non-hydrogen) atoms. The number of hydrogen-bond acceptors (Lipinski definition) is 4. The normalized spacial score (nSPS) is 14.3. The number of allylic oxidation sites excluding steroid dienone is 7. The van der Waals surface area contributed by atoms with E-state index in [1.54, 1.807) is 6.08 Å². The summed E-state index contributed by atoms with van der Waals surface area (Å²) in [6.07, 6.45) is 45.2. The summed E-state index contributed by atoms with van der Waals surface area (Å²) in [6.45, 7) is 4.16. The number of aliphatic hydroxyl groups excluding tert-OH is 3. The fourth-order valence-corrected chi connectivity index (χ4v) is 5.54. The van der Waals surface area contributed by atoms with E-state index in [9.17, 15) is 20.1 Å². The van der Waals surface area contributed by atoms with Gasteiger partial charge in [-0.3, -0.25) is 4.79 Å². The third kappa shape index (κ3) is 32.3. The van der Waals surface area contributed by atoms with Crippen LogP contribution in [0.3, 0.4) is 0 Å². The Morgan fingerprint density at radius 3 is 1.41 bits per heavy atom. The Hall–Kier alpha value is -1.69. The molecule has 0 aliphatic heterocycles. The van der Waals surface area contributed by atoms with Gasteiger partial charge in [0.25, 0.3) is 0 Å². The largest absolute Gasteiger partial charge is 0.394 e. The minimum Gasteiger partial charge on any atom is -0.394 e. The first-order valence-electron chi connectivity index (χ1n) is 19.4. The molecule has 3 unspecified atom stereocenters. The van der Waals surface area contributed by atoms with Crippen molar-refractivity contribution in [2.45, 2.75) is 199 Å². The number of carbonyl (C=O) groups is 1. The molecule has 0 saturated heterocycles. The molecular formula is C41H75NO4. The molecule has 0 fully saturated rings. The van der Waals surface area contributed by atoms with Crippen LogP contribution in [0.15, 0.2) is 48.6 Å². The van der Waals surface area contributed by atoms with E-state index in [1.165, 1.54) is 103 Å². The van der Waals surface area contributed by atoms with E-state index in [4.69, 9.17) is 0 Å². The van der Waals surface area contributed by atoms with Crippen molar-refractivity contribution < 1.29 is 20.1 Å². The lowest BCUT2D eigenvalue weighted by atomic mass is 10.0. The van der Waals surface area contributed by atoms with Crippen molar-refractivity contribution in [2.24, 2.45) is 0 Å². The van der Waals surface area contributed by atoms with Gasteiger partial charge in [0.1, 0.15) is 0 Å². The summed E-state index contributed by atoms with van der Waals surface area (Å²) in [7, 11) is 0. The maximum atomic E-state index is 12.4. The Morgan fingerprint density at radius 1 is 0.543 bits per heavy atom. The number of hydrogen-bond donors (Lipinski definition) is 4. The van der Waals surface area contributed by atoms with E-state index in [1.807, 2.05) is 6.08 Å². The second kappa shape index (κ2) is 36.2. The first-order valence-corrected chi connectivity index (χ1v) is 19.4. The molecule has 0 aliphatic carbocycles. The van der Waals surface area contributed by atoms with Crippen molar-refractivity contribution in [3.8, 4) is 0 Å². The van der Waals surface area contributed by atoms with Gasteiger partial charge in [-0.1, -0.05) is 152 Å². The van der Waals surface area contributed by atoms with Crippen molar-refractivity contribution in [1.82, 2.24) is 5.32 Å². The summed E-state index contributed by atoms with van der Waals surface area (Å²) in [5.74, 6) is -0.338. The highest BCUT2D eigenvalue weighted by atomic mass is 16.3.